The van der Waals surface area contributed by atoms with Crippen LogP contribution in [-0.4, -0.2) is 19.4 Å². The van der Waals surface area contributed by atoms with Crippen LogP contribution in [-0.2, 0) is 10.0 Å². The van der Waals surface area contributed by atoms with E-state index in [1.165, 1.54) is 0 Å². The number of nitrogens with two attached hydrogens (primary N) is 1. The van der Waals surface area contributed by atoms with Crippen LogP contribution >= 0.6 is 0 Å². The fourth-order valence-corrected chi connectivity index (χ4v) is 2.67. The second kappa shape index (κ2) is 3.44. The van der Waals surface area contributed by atoms with Crippen molar-refractivity contribution in [2.24, 2.45) is 5.14 Å². The molecule has 0 radical (unpaired) electrons. The molecule has 2 rings (SSSR count). The molecule has 4 nitrogen and oxygen atoms in total. The van der Waals surface area contributed by atoms with E-state index >= 15 is 0 Å². The Labute approximate surface area is 94.9 Å². The predicted molar refractivity (Wildman–Crippen MR) is 51.6 cm³/mol. The van der Waals surface area contributed by atoms with Crippen LogP contribution < -0.4 is 5.14 Å². The molecule has 1 aromatic carbocycles. The Kier molecular flexibility index (Phi) is 2.49. The quantitative estimate of drug-likeness (QED) is 0.797. The molecule has 17 heavy (non-hydrogen) atoms. The first-order chi connectivity index (χ1) is 7.67. The summed E-state index contributed by atoms with van der Waals surface area (Å²) >= 11 is 0. The van der Waals surface area contributed by atoms with Crippen LogP contribution in [0, 0.1) is 0 Å². The minimum Gasteiger partial charge on any atom is -0.382 e. The number of aliphatic hydroxyl groups excluding tert-OH is 1. The minimum atomic E-state index is -4.29. The molecule has 2 atom stereocenters. The van der Waals surface area contributed by atoms with Gasteiger partial charge < -0.3 is 5.11 Å². The van der Waals surface area contributed by atoms with Gasteiger partial charge >= 0.3 is 5.92 Å². The molecule has 0 heterocycles. The normalized spacial score (nSPS) is 26.9. The van der Waals surface area contributed by atoms with Gasteiger partial charge in [-0.05, 0) is 11.6 Å². The maximum Gasteiger partial charge on any atom is 0.312 e. The molecule has 94 valence electrons. The number of halogens is 3. The average molecular weight is 267 g/mol. The van der Waals surface area contributed by atoms with Crippen LogP contribution in [0.2, 0.25) is 0 Å². The molecule has 0 fully saturated rings. The molecule has 0 spiro atoms. The lowest BCUT2D eigenvalue weighted by atomic mass is 10.1. The first kappa shape index (κ1) is 12.3. The summed E-state index contributed by atoms with van der Waals surface area (Å²) in [6, 6.07) is 3.05. The van der Waals surface area contributed by atoms with Crippen molar-refractivity contribution in [2.75, 3.05) is 0 Å². The summed E-state index contributed by atoms with van der Waals surface area (Å²) in [7, 11) is -4.29. The number of sulfonamides is 1. The maximum atomic E-state index is 13.4. The van der Waals surface area contributed by atoms with Crippen LogP contribution in [0.15, 0.2) is 23.1 Å². The Balaban J connectivity index is 2.76. The van der Waals surface area contributed by atoms with Crippen molar-refractivity contribution in [1.82, 2.24) is 0 Å². The standard InChI is InChI=1S/C9H8F3NO3S/c10-7-4-2-1-3-5(17(13,15)16)6(4)8(14)9(7,11)12/h1-3,7-8,14H,(H2,13,15,16). The summed E-state index contributed by atoms with van der Waals surface area (Å²) in [5, 5.41) is 14.1. The number of fused-ring (bicyclic) bond motifs is 1. The van der Waals surface area contributed by atoms with Crippen LogP contribution in [0.5, 0.6) is 0 Å². The number of hydrogen-bond acceptors (Lipinski definition) is 3. The van der Waals surface area contributed by atoms with E-state index in [0.717, 1.165) is 18.2 Å². The van der Waals surface area contributed by atoms with E-state index in [4.69, 9.17) is 5.14 Å². The van der Waals surface area contributed by atoms with Crippen molar-refractivity contribution in [2.45, 2.75) is 23.1 Å². The van der Waals surface area contributed by atoms with E-state index in [1.54, 1.807) is 0 Å². The van der Waals surface area contributed by atoms with Crippen molar-refractivity contribution in [3.63, 3.8) is 0 Å². The van der Waals surface area contributed by atoms with Crippen LogP contribution in [0.3, 0.4) is 0 Å². The zero-order chi connectivity index (χ0) is 13.0. The van der Waals surface area contributed by atoms with Crippen molar-refractivity contribution in [3.05, 3.63) is 29.3 Å². The highest BCUT2D eigenvalue weighted by Gasteiger charge is 2.57. The molecule has 1 aliphatic carbocycles. The van der Waals surface area contributed by atoms with Crippen LogP contribution in [0.1, 0.15) is 23.4 Å². The SMILES string of the molecule is NS(=O)(=O)c1cccc2c1C(O)C(F)(F)C2F. The van der Waals surface area contributed by atoms with Gasteiger partial charge in [-0.2, -0.15) is 8.78 Å². The number of hydrogen-bond donors (Lipinski definition) is 2. The van der Waals surface area contributed by atoms with Gasteiger partial charge in [0.15, 0.2) is 6.17 Å². The molecule has 0 amide bonds. The molecular weight excluding hydrogens is 259 g/mol. The highest BCUT2D eigenvalue weighted by atomic mass is 32.2. The van der Waals surface area contributed by atoms with E-state index in [-0.39, 0.29) is 0 Å². The summed E-state index contributed by atoms with van der Waals surface area (Å²) < 4.78 is 62.1. The molecule has 0 saturated carbocycles. The smallest absolute Gasteiger partial charge is 0.312 e. The Morgan fingerprint density at radius 1 is 1.35 bits per heavy atom. The fraction of sp³-hybridized carbons (Fsp3) is 0.333. The zero-order valence-electron chi connectivity index (χ0n) is 8.27. The van der Waals surface area contributed by atoms with Crippen molar-refractivity contribution >= 4 is 10.0 Å². The van der Waals surface area contributed by atoms with Gasteiger partial charge in [0.25, 0.3) is 0 Å². The van der Waals surface area contributed by atoms with Crippen LogP contribution in [0.4, 0.5) is 13.2 Å². The van der Waals surface area contributed by atoms with Gasteiger partial charge in [-0.3, -0.25) is 0 Å². The third-order valence-electron chi connectivity index (χ3n) is 2.66. The first-order valence-electron chi connectivity index (χ1n) is 4.53. The van der Waals surface area contributed by atoms with E-state index in [2.05, 4.69) is 0 Å². The van der Waals surface area contributed by atoms with Crippen molar-refractivity contribution in [3.8, 4) is 0 Å². The third-order valence-corrected chi connectivity index (χ3v) is 3.62. The van der Waals surface area contributed by atoms with E-state index in [0.29, 0.717) is 0 Å². The Hall–Kier alpha value is -1.12. The first-order valence-corrected chi connectivity index (χ1v) is 6.07. The monoisotopic (exact) mass is 267 g/mol. The van der Waals surface area contributed by atoms with Crippen molar-refractivity contribution in [1.29, 1.82) is 0 Å². The maximum absolute atomic E-state index is 13.4. The number of aliphatic hydroxyl groups is 1. The predicted octanol–water partition coefficient (Wildman–Crippen LogP) is 1.03. The Morgan fingerprint density at radius 2 is 1.94 bits per heavy atom. The highest BCUT2D eigenvalue weighted by Crippen LogP contribution is 2.53. The molecule has 3 N–H and O–H groups in total. The van der Waals surface area contributed by atoms with E-state index in [9.17, 15) is 26.7 Å². The van der Waals surface area contributed by atoms with E-state index < -0.39 is 44.2 Å². The zero-order valence-corrected chi connectivity index (χ0v) is 9.09. The molecule has 0 aliphatic heterocycles. The number of alkyl halides is 3. The molecule has 0 saturated heterocycles. The molecule has 1 aromatic rings. The summed E-state index contributed by atoms with van der Waals surface area (Å²) in [5.41, 5.74) is -1.21. The topological polar surface area (TPSA) is 80.4 Å². The fourth-order valence-electron chi connectivity index (χ4n) is 1.86. The van der Waals surface area contributed by atoms with E-state index in [1.807, 2.05) is 0 Å². The minimum absolute atomic E-state index is 0.547. The van der Waals surface area contributed by atoms with Gasteiger partial charge in [0.1, 0.15) is 6.10 Å². The lowest BCUT2D eigenvalue weighted by molar-refractivity contribution is -0.143. The number of benzene rings is 1. The Bertz CT molecular complexity index is 573. The van der Waals surface area contributed by atoms with Gasteiger partial charge in [-0.15, -0.1) is 0 Å². The lowest BCUT2D eigenvalue weighted by Gasteiger charge is -2.16. The molecule has 2 unspecified atom stereocenters. The summed E-state index contributed by atoms with van der Waals surface area (Å²) in [6.07, 6.45) is -5.25. The Morgan fingerprint density at radius 3 is 2.47 bits per heavy atom. The molecular formula is C9H8F3NO3S. The molecule has 8 heteroatoms. The summed E-state index contributed by atoms with van der Waals surface area (Å²) in [4.78, 5) is -0.678. The number of primary sulfonamides is 1. The average Bonchev–Trinajstić information content (AvgIpc) is 2.39. The molecule has 0 bridgehead atoms. The number of rotatable bonds is 1. The highest BCUT2D eigenvalue weighted by molar-refractivity contribution is 7.89. The van der Waals surface area contributed by atoms with Gasteiger partial charge in [0, 0.05) is 5.56 Å². The molecule has 0 aromatic heterocycles. The van der Waals surface area contributed by atoms with Gasteiger partial charge in [0.05, 0.1) is 4.90 Å². The van der Waals surface area contributed by atoms with Gasteiger partial charge in [-0.25, -0.2) is 17.9 Å². The van der Waals surface area contributed by atoms with Gasteiger partial charge in [0.2, 0.25) is 10.0 Å². The summed E-state index contributed by atoms with van der Waals surface area (Å²) in [5.74, 6) is -4.05. The van der Waals surface area contributed by atoms with Crippen LogP contribution in [0.25, 0.3) is 0 Å². The summed E-state index contributed by atoms with van der Waals surface area (Å²) in [6.45, 7) is 0. The second-order valence-electron chi connectivity index (χ2n) is 3.74. The van der Waals surface area contributed by atoms with Gasteiger partial charge in [-0.1, -0.05) is 12.1 Å². The molecule has 1 aliphatic rings. The second-order valence-corrected chi connectivity index (χ2v) is 5.27. The largest absolute Gasteiger partial charge is 0.382 e. The lowest BCUT2D eigenvalue weighted by Crippen LogP contribution is -2.25. The van der Waals surface area contributed by atoms with Crippen molar-refractivity contribution < 1.29 is 26.7 Å². The third kappa shape index (κ3) is 1.63.